The number of hydrogen-bond acceptors (Lipinski definition) is 6. The largest absolute Gasteiger partial charge is 0.293 e. The van der Waals surface area contributed by atoms with Crippen LogP contribution in [0.1, 0.15) is 10.4 Å². The minimum absolute atomic E-state index is 0.0356. The van der Waals surface area contributed by atoms with Crippen molar-refractivity contribution < 1.29 is 9.72 Å². The first-order valence-corrected chi connectivity index (χ1v) is 8.41. The third-order valence-electron chi connectivity index (χ3n) is 3.46. The van der Waals surface area contributed by atoms with E-state index >= 15 is 0 Å². The summed E-state index contributed by atoms with van der Waals surface area (Å²) in [5.74, 6) is 0.0748. The van der Waals surface area contributed by atoms with Crippen molar-refractivity contribution in [3.63, 3.8) is 0 Å². The van der Waals surface area contributed by atoms with Crippen LogP contribution in [0.3, 0.4) is 0 Å². The van der Waals surface area contributed by atoms with Crippen molar-refractivity contribution in [1.82, 2.24) is 10.2 Å². The summed E-state index contributed by atoms with van der Waals surface area (Å²) in [6.45, 7) is 0. The molecule has 0 spiro atoms. The predicted octanol–water partition coefficient (Wildman–Crippen LogP) is 4.03. The monoisotopic (exact) mass is 351 g/mol. The second-order valence-corrected chi connectivity index (χ2v) is 6.13. The van der Waals surface area contributed by atoms with Gasteiger partial charge < -0.3 is 0 Å². The Hall–Kier alpha value is -3.06. The van der Waals surface area contributed by atoms with Crippen molar-refractivity contribution >= 4 is 23.2 Å². The number of nitro groups is 1. The Morgan fingerprint density at radius 2 is 1.68 bits per heavy atom. The van der Waals surface area contributed by atoms with Gasteiger partial charge in [-0.05, 0) is 24.3 Å². The van der Waals surface area contributed by atoms with Gasteiger partial charge >= 0.3 is 0 Å². The van der Waals surface area contributed by atoms with E-state index in [1.54, 1.807) is 0 Å². The molecule has 7 heteroatoms. The van der Waals surface area contributed by atoms with Crippen LogP contribution in [-0.4, -0.2) is 26.7 Å². The molecule has 0 aliphatic rings. The number of thioether (sulfide) groups is 1. The van der Waals surface area contributed by atoms with Gasteiger partial charge in [-0.1, -0.05) is 42.1 Å². The molecule has 0 atom stereocenters. The molecule has 0 N–H and O–H groups in total. The smallest absolute Gasteiger partial charge is 0.269 e. The Kier molecular flexibility index (Phi) is 5.15. The highest BCUT2D eigenvalue weighted by Gasteiger charge is 2.11. The number of Topliss-reactive ketones (excluding diaryl/α,β-unsaturated/α-hetero) is 1. The minimum Gasteiger partial charge on any atom is -0.293 e. The van der Waals surface area contributed by atoms with Crippen LogP contribution in [0.2, 0.25) is 0 Å². The zero-order valence-electron chi connectivity index (χ0n) is 13.0. The Morgan fingerprint density at radius 1 is 0.960 bits per heavy atom. The maximum Gasteiger partial charge on any atom is 0.269 e. The van der Waals surface area contributed by atoms with E-state index in [1.165, 1.54) is 36.0 Å². The number of carbonyl (C=O) groups excluding carboxylic acids is 1. The highest BCUT2D eigenvalue weighted by atomic mass is 32.2. The van der Waals surface area contributed by atoms with Gasteiger partial charge in [0, 0.05) is 23.3 Å². The van der Waals surface area contributed by atoms with Gasteiger partial charge in [0.1, 0.15) is 5.03 Å². The first kappa shape index (κ1) is 16.8. The summed E-state index contributed by atoms with van der Waals surface area (Å²) >= 11 is 1.28. The van der Waals surface area contributed by atoms with Crippen molar-refractivity contribution in [2.45, 2.75) is 5.03 Å². The normalized spacial score (nSPS) is 10.4. The third kappa shape index (κ3) is 4.27. The van der Waals surface area contributed by atoms with E-state index < -0.39 is 4.92 Å². The standard InChI is InChI=1S/C18H13N3O3S/c22-17(14-6-8-15(9-7-14)21(23)24)12-25-18-11-10-16(19-20-18)13-4-2-1-3-5-13/h1-11H,12H2. The van der Waals surface area contributed by atoms with E-state index in [0.29, 0.717) is 10.6 Å². The average Bonchev–Trinajstić information content (AvgIpc) is 2.67. The van der Waals surface area contributed by atoms with Crippen molar-refractivity contribution in [2.75, 3.05) is 5.75 Å². The molecule has 25 heavy (non-hydrogen) atoms. The van der Waals surface area contributed by atoms with Gasteiger partial charge in [-0.25, -0.2) is 0 Å². The molecule has 0 fully saturated rings. The van der Waals surface area contributed by atoms with Crippen LogP contribution in [-0.2, 0) is 0 Å². The Balaban J connectivity index is 1.61. The summed E-state index contributed by atoms with van der Waals surface area (Å²) in [6, 6.07) is 19.0. The second-order valence-electron chi connectivity index (χ2n) is 5.14. The Morgan fingerprint density at radius 3 is 2.28 bits per heavy atom. The molecule has 0 unspecified atom stereocenters. The molecule has 0 aliphatic heterocycles. The molecule has 0 saturated carbocycles. The molecule has 1 heterocycles. The van der Waals surface area contributed by atoms with Crippen LogP contribution in [0.15, 0.2) is 71.8 Å². The van der Waals surface area contributed by atoms with E-state index in [4.69, 9.17) is 0 Å². The first-order valence-electron chi connectivity index (χ1n) is 7.43. The van der Waals surface area contributed by atoms with Gasteiger partial charge in [-0.15, -0.1) is 10.2 Å². The molecule has 6 nitrogen and oxygen atoms in total. The summed E-state index contributed by atoms with van der Waals surface area (Å²) in [5.41, 5.74) is 2.15. The fraction of sp³-hybridized carbons (Fsp3) is 0.0556. The van der Waals surface area contributed by atoms with Gasteiger partial charge in [-0.3, -0.25) is 14.9 Å². The first-order chi connectivity index (χ1) is 12.1. The van der Waals surface area contributed by atoms with Gasteiger partial charge in [0.15, 0.2) is 5.78 Å². The summed E-state index contributed by atoms with van der Waals surface area (Å²) in [6.07, 6.45) is 0. The zero-order valence-corrected chi connectivity index (χ0v) is 13.8. The number of carbonyl (C=O) groups is 1. The molecule has 0 aliphatic carbocycles. The summed E-state index contributed by atoms with van der Waals surface area (Å²) < 4.78 is 0. The summed E-state index contributed by atoms with van der Waals surface area (Å²) in [7, 11) is 0. The quantitative estimate of drug-likeness (QED) is 0.288. The molecular formula is C18H13N3O3S. The van der Waals surface area contributed by atoms with Crippen molar-refractivity contribution in [3.8, 4) is 11.3 Å². The summed E-state index contributed by atoms with van der Waals surface area (Å²) in [5, 5.41) is 19.6. The van der Waals surface area contributed by atoms with E-state index in [1.807, 2.05) is 42.5 Å². The third-order valence-corrected chi connectivity index (χ3v) is 4.38. The predicted molar refractivity (Wildman–Crippen MR) is 95.6 cm³/mol. The minimum atomic E-state index is -0.493. The zero-order chi connectivity index (χ0) is 17.6. The fourth-order valence-corrected chi connectivity index (χ4v) is 2.86. The van der Waals surface area contributed by atoms with Crippen molar-refractivity contribution in [3.05, 3.63) is 82.4 Å². The van der Waals surface area contributed by atoms with Gasteiger partial charge in [0.25, 0.3) is 5.69 Å². The molecule has 0 bridgehead atoms. The average molecular weight is 351 g/mol. The maximum absolute atomic E-state index is 12.1. The van der Waals surface area contributed by atoms with Crippen molar-refractivity contribution in [2.24, 2.45) is 0 Å². The molecular weight excluding hydrogens is 338 g/mol. The van der Waals surface area contributed by atoms with Crippen LogP contribution in [0.4, 0.5) is 5.69 Å². The lowest BCUT2D eigenvalue weighted by Crippen LogP contribution is -2.03. The van der Waals surface area contributed by atoms with Crippen LogP contribution >= 0.6 is 11.8 Å². The Labute approximate surface area is 148 Å². The van der Waals surface area contributed by atoms with Gasteiger partial charge in [0.05, 0.1) is 16.4 Å². The molecule has 0 saturated heterocycles. The maximum atomic E-state index is 12.1. The van der Waals surface area contributed by atoms with Gasteiger partial charge in [0.2, 0.25) is 0 Å². The van der Waals surface area contributed by atoms with E-state index in [0.717, 1.165) is 11.3 Å². The number of hydrogen-bond donors (Lipinski definition) is 0. The van der Waals surface area contributed by atoms with Crippen LogP contribution in [0, 0.1) is 10.1 Å². The lowest BCUT2D eigenvalue weighted by molar-refractivity contribution is -0.384. The number of nitrogens with zero attached hydrogens (tertiary/aromatic N) is 3. The number of nitro benzene ring substituents is 1. The molecule has 2 aromatic carbocycles. The number of non-ortho nitro benzene ring substituents is 1. The van der Waals surface area contributed by atoms with E-state index in [-0.39, 0.29) is 17.2 Å². The number of aromatic nitrogens is 2. The molecule has 0 radical (unpaired) electrons. The number of benzene rings is 2. The second kappa shape index (κ2) is 7.67. The van der Waals surface area contributed by atoms with Crippen LogP contribution in [0.5, 0.6) is 0 Å². The lowest BCUT2D eigenvalue weighted by Gasteiger charge is -2.03. The number of ketones is 1. The van der Waals surface area contributed by atoms with E-state index in [9.17, 15) is 14.9 Å². The molecule has 0 amide bonds. The topological polar surface area (TPSA) is 86.0 Å². The lowest BCUT2D eigenvalue weighted by atomic mass is 10.1. The highest BCUT2D eigenvalue weighted by molar-refractivity contribution is 7.99. The number of rotatable bonds is 6. The van der Waals surface area contributed by atoms with Gasteiger partial charge in [-0.2, -0.15) is 0 Å². The summed E-state index contributed by atoms with van der Waals surface area (Å²) in [4.78, 5) is 22.3. The van der Waals surface area contributed by atoms with Crippen LogP contribution < -0.4 is 0 Å². The molecule has 124 valence electrons. The highest BCUT2D eigenvalue weighted by Crippen LogP contribution is 2.21. The molecule has 3 aromatic rings. The SMILES string of the molecule is O=C(CSc1ccc(-c2ccccc2)nn1)c1ccc([N+](=O)[O-])cc1. The van der Waals surface area contributed by atoms with E-state index in [2.05, 4.69) is 10.2 Å². The molecule has 1 aromatic heterocycles. The fourth-order valence-electron chi connectivity index (χ4n) is 2.15. The molecule has 3 rings (SSSR count). The Bertz CT molecular complexity index is 882. The van der Waals surface area contributed by atoms with Crippen molar-refractivity contribution in [1.29, 1.82) is 0 Å². The van der Waals surface area contributed by atoms with Crippen LogP contribution in [0.25, 0.3) is 11.3 Å².